The van der Waals surface area contributed by atoms with Crippen molar-refractivity contribution in [1.29, 1.82) is 0 Å². The highest BCUT2D eigenvalue weighted by Gasteiger charge is 2.40. The molecule has 0 N–H and O–H groups in total. The van der Waals surface area contributed by atoms with Crippen LogP contribution in [0.4, 0.5) is 0 Å². The molecule has 1 aliphatic carbocycles. The van der Waals surface area contributed by atoms with Gasteiger partial charge in [-0.15, -0.1) is 0 Å². The van der Waals surface area contributed by atoms with Crippen LogP contribution in [0.1, 0.15) is 13.3 Å². The lowest BCUT2D eigenvalue weighted by Crippen LogP contribution is -2.11. The summed E-state index contributed by atoms with van der Waals surface area (Å²) in [5, 5.41) is 0. The third kappa shape index (κ3) is 2.49. The van der Waals surface area contributed by atoms with E-state index in [9.17, 15) is 9.59 Å². The van der Waals surface area contributed by atoms with Gasteiger partial charge in [0.1, 0.15) is 6.10 Å². The fourth-order valence-corrected chi connectivity index (χ4v) is 1.93. The van der Waals surface area contributed by atoms with Gasteiger partial charge in [-0.1, -0.05) is 12.2 Å². The SMILES string of the molecule is CCOC(=O)COC=C1C(=O)OC2CC=CC12. The standard InChI is InChI=1S/C12H14O5/c1-2-16-11(13)7-15-6-9-8-4-3-5-10(8)17-12(9)14/h3-4,6,8,10H,2,5,7H2,1H3. The molecule has 2 unspecified atom stereocenters. The number of carbonyl (C=O) groups excluding carboxylic acids is 2. The van der Waals surface area contributed by atoms with Crippen molar-refractivity contribution in [3.63, 3.8) is 0 Å². The third-order valence-corrected chi connectivity index (χ3v) is 2.68. The van der Waals surface area contributed by atoms with Crippen LogP contribution in [0.25, 0.3) is 0 Å². The van der Waals surface area contributed by atoms with Crippen molar-refractivity contribution < 1.29 is 23.8 Å². The summed E-state index contributed by atoms with van der Waals surface area (Å²) >= 11 is 0. The first-order valence-electron chi connectivity index (χ1n) is 5.57. The van der Waals surface area contributed by atoms with Crippen molar-refractivity contribution >= 4 is 11.9 Å². The second kappa shape index (κ2) is 5.03. The van der Waals surface area contributed by atoms with E-state index in [1.165, 1.54) is 6.26 Å². The van der Waals surface area contributed by atoms with Crippen molar-refractivity contribution in [2.24, 2.45) is 5.92 Å². The average molecular weight is 238 g/mol. The van der Waals surface area contributed by atoms with Gasteiger partial charge in [0.2, 0.25) is 0 Å². The predicted octanol–water partition coefficient (Wildman–Crippen LogP) is 0.951. The lowest BCUT2D eigenvalue weighted by atomic mass is 10.0. The van der Waals surface area contributed by atoms with E-state index in [1.807, 2.05) is 12.2 Å². The summed E-state index contributed by atoms with van der Waals surface area (Å²) < 4.78 is 14.9. The Labute approximate surface area is 99.0 Å². The molecule has 5 heteroatoms. The molecule has 2 rings (SSSR count). The summed E-state index contributed by atoms with van der Waals surface area (Å²) in [5.41, 5.74) is 0.466. The molecule has 92 valence electrons. The summed E-state index contributed by atoms with van der Waals surface area (Å²) in [4.78, 5) is 22.5. The van der Waals surface area contributed by atoms with E-state index >= 15 is 0 Å². The molecule has 0 aromatic rings. The van der Waals surface area contributed by atoms with Crippen LogP contribution >= 0.6 is 0 Å². The van der Waals surface area contributed by atoms with E-state index < -0.39 is 5.97 Å². The first kappa shape index (κ1) is 11.7. The van der Waals surface area contributed by atoms with Crippen LogP contribution in [0.2, 0.25) is 0 Å². The van der Waals surface area contributed by atoms with Gasteiger partial charge in [0.15, 0.2) is 6.61 Å². The fourth-order valence-electron chi connectivity index (χ4n) is 1.93. The number of hydrogen-bond acceptors (Lipinski definition) is 5. The molecule has 1 heterocycles. The number of ether oxygens (including phenoxy) is 3. The predicted molar refractivity (Wildman–Crippen MR) is 57.8 cm³/mol. The zero-order chi connectivity index (χ0) is 12.3. The summed E-state index contributed by atoms with van der Waals surface area (Å²) in [6, 6.07) is 0. The Morgan fingerprint density at radius 3 is 3.24 bits per heavy atom. The Hall–Kier alpha value is -1.78. The molecule has 0 saturated carbocycles. The highest BCUT2D eigenvalue weighted by Crippen LogP contribution is 2.35. The van der Waals surface area contributed by atoms with Gasteiger partial charge in [-0.05, 0) is 6.92 Å². The van der Waals surface area contributed by atoms with Crippen molar-refractivity contribution in [2.45, 2.75) is 19.4 Å². The molecule has 1 aliphatic heterocycles. The van der Waals surface area contributed by atoms with Crippen LogP contribution in [0.3, 0.4) is 0 Å². The Kier molecular flexibility index (Phi) is 3.46. The minimum atomic E-state index is -0.450. The second-order valence-electron chi connectivity index (χ2n) is 3.82. The molecule has 0 bridgehead atoms. The maximum Gasteiger partial charge on any atom is 0.344 e. The molecule has 1 fully saturated rings. The largest absolute Gasteiger partial charge is 0.489 e. The van der Waals surface area contributed by atoms with Gasteiger partial charge in [0.05, 0.1) is 18.4 Å². The molecule has 0 spiro atoms. The topological polar surface area (TPSA) is 61.8 Å². The molecule has 0 aromatic carbocycles. The van der Waals surface area contributed by atoms with Gasteiger partial charge < -0.3 is 14.2 Å². The Morgan fingerprint density at radius 2 is 2.47 bits per heavy atom. The number of esters is 2. The summed E-state index contributed by atoms with van der Waals surface area (Å²) in [6.07, 6.45) is 5.85. The van der Waals surface area contributed by atoms with Gasteiger partial charge in [-0.25, -0.2) is 9.59 Å². The zero-order valence-corrected chi connectivity index (χ0v) is 9.55. The molecule has 1 saturated heterocycles. The number of carbonyl (C=O) groups is 2. The lowest BCUT2D eigenvalue weighted by molar-refractivity contribution is -0.146. The first-order valence-corrected chi connectivity index (χ1v) is 5.57. The van der Waals surface area contributed by atoms with E-state index in [4.69, 9.17) is 14.2 Å². The van der Waals surface area contributed by atoms with Crippen LogP contribution in [-0.4, -0.2) is 31.3 Å². The molecule has 5 nitrogen and oxygen atoms in total. The Bertz CT molecular complexity index is 382. The van der Waals surface area contributed by atoms with Gasteiger partial charge in [-0.3, -0.25) is 0 Å². The third-order valence-electron chi connectivity index (χ3n) is 2.68. The molecule has 0 aromatic heterocycles. The van der Waals surface area contributed by atoms with Crippen LogP contribution < -0.4 is 0 Å². The first-order chi connectivity index (χ1) is 8.22. The normalized spacial score (nSPS) is 28.1. The monoisotopic (exact) mass is 238 g/mol. The van der Waals surface area contributed by atoms with Gasteiger partial charge in [0.25, 0.3) is 0 Å². The minimum Gasteiger partial charge on any atom is -0.489 e. The van der Waals surface area contributed by atoms with Crippen molar-refractivity contribution in [2.75, 3.05) is 13.2 Å². The van der Waals surface area contributed by atoms with Crippen molar-refractivity contribution in [3.8, 4) is 0 Å². The molecular formula is C12H14O5. The molecule has 0 radical (unpaired) electrons. The number of rotatable bonds is 4. The highest BCUT2D eigenvalue weighted by atomic mass is 16.6. The van der Waals surface area contributed by atoms with E-state index in [0.717, 1.165) is 6.42 Å². The maximum atomic E-state index is 11.5. The summed E-state index contributed by atoms with van der Waals surface area (Å²) in [5.74, 6) is -0.855. The van der Waals surface area contributed by atoms with Crippen LogP contribution in [0.15, 0.2) is 24.0 Å². The summed E-state index contributed by atoms with van der Waals surface area (Å²) in [6.45, 7) is 1.85. The number of hydrogen-bond donors (Lipinski definition) is 0. The molecule has 2 atom stereocenters. The van der Waals surface area contributed by atoms with E-state index in [-0.39, 0.29) is 24.6 Å². The Morgan fingerprint density at radius 1 is 1.65 bits per heavy atom. The molecule has 17 heavy (non-hydrogen) atoms. The van der Waals surface area contributed by atoms with Crippen LogP contribution in [0, 0.1) is 5.92 Å². The smallest absolute Gasteiger partial charge is 0.344 e. The minimum absolute atomic E-state index is 0.0373. The lowest BCUT2D eigenvalue weighted by Gasteiger charge is -2.05. The highest BCUT2D eigenvalue weighted by molar-refractivity contribution is 5.92. The van der Waals surface area contributed by atoms with Gasteiger partial charge in [-0.2, -0.15) is 0 Å². The molecule has 0 amide bonds. The quantitative estimate of drug-likeness (QED) is 0.316. The van der Waals surface area contributed by atoms with E-state index in [2.05, 4.69) is 0 Å². The van der Waals surface area contributed by atoms with E-state index in [0.29, 0.717) is 12.2 Å². The van der Waals surface area contributed by atoms with Crippen molar-refractivity contribution in [1.82, 2.24) is 0 Å². The Balaban J connectivity index is 1.90. The second-order valence-corrected chi connectivity index (χ2v) is 3.82. The van der Waals surface area contributed by atoms with Gasteiger partial charge in [0, 0.05) is 12.3 Å². The molecule has 2 aliphatic rings. The van der Waals surface area contributed by atoms with Crippen LogP contribution in [0.5, 0.6) is 0 Å². The fraction of sp³-hybridized carbons (Fsp3) is 0.500. The number of fused-ring (bicyclic) bond motifs is 1. The average Bonchev–Trinajstić information content (AvgIpc) is 2.82. The summed E-state index contributed by atoms with van der Waals surface area (Å²) in [7, 11) is 0. The molecular weight excluding hydrogens is 224 g/mol. The van der Waals surface area contributed by atoms with Crippen LogP contribution in [-0.2, 0) is 23.8 Å². The van der Waals surface area contributed by atoms with E-state index in [1.54, 1.807) is 6.92 Å². The van der Waals surface area contributed by atoms with Gasteiger partial charge >= 0.3 is 11.9 Å². The maximum absolute atomic E-state index is 11.5. The van der Waals surface area contributed by atoms with Crippen molar-refractivity contribution in [3.05, 3.63) is 24.0 Å². The zero-order valence-electron chi connectivity index (χ0n) is 9.55.